The first-order valence-corrected chi connectivity index (χ1v) is 7.42. The summed E-state index contributed by atoms with van der Waals surface area (Å²) in [6, 6.07) is 14.6. The van der Waals surface area contributed by atoms with Crippen LogP contribution in [0.2, 0.25) is 0 Å². The van der Waals surface area contributed by atoms with E-state index in [1.807, 2.05) is 42.3 Å². The van der Waals surface area contributed by atoms with Crippen molar-refractivity contribution in [3.05, 3.63) is 65.5 Å². The topological polar surface area (TPSA) is 36.9 Å². The van der Waals surface area contributed by atoms with Gasteiger partial charge in [-0.05, 0) is 12.1 Å². The van der Waals surface area contributed by atoms with E-state index >= 15 is 0 Å². The highest BCUT2D eigenvalue weighted by Gasteiger charge is 2.10. The van der Waals surface area contributed by atoms with Crippen LogP contribution < -0.4 is 10.1 Å². The van der Waals surface area contributed by atoms with Crippen molar-refractivity contribution in [1.82, 2.24) is 10.2 Å². The molecule has 1 N–H and O–H groups in total. The fourth-order valence-electron chi connectivity index (χ4n) is 2.36. The predicted octanol–water partition coefficient (Wildman–Crippen LogP) is 3.04. The van der Waals surface area contributed by atoms with Crippen LogP contribution in [0.3, 0.4) is 0 Å². The number of aliphatic imine (C=N–C) groups is 1. The number of ether oxygens (including phenoxy) is 1. The fraction of sp³-hybridized carbons (Fsp3) is 0.278. The number of hydrogen-bond donors (Lipinski definition) is 1. The van der Waals surface area contributed by atoms with Crippen molar-refractivity contribution in [2.75, 3.05) is 21.2 Å². The maximum Gasteiger partial charge on any atom is 0.193 e. The minimum Gasteiger partial charge on any atom is -0.496 e. The van der Waals surface area contributed by atoms with E-state index < -0.39 is 0 Å². The lowest BCUT2D eigenvalue weighted by molar-refractivity contribution is 0.396. The number of methoxy groups -OCH3 is 1. The van der Waals surface area contributed by atoms with Crippen LogP contribution in [0.15, 0.2) is 53.5 Å². The second kappa shape index (κ2) is 8.17. The average Bonchev–Trinajstić information content (AvgIpc) is 2.57. The Labute approximate surface area is 136 Å². The molecule has 2 aromatic carbocycles. The van der Waals surface area contributed by atoms with Gasteiger partial charge >= 0.3 is 0 Å². The van der Waals surface area contributed by atoms with E-state index in [4.69, 9.17) is 4.74 Å². The third kappa shape index (κ3) is 4.45. The van der Waals surface area contributed by atoms with Crippen LogP contribution in [0.1, 0.15) is 11.1 Å². The largest absolute Gasteiger partial charge is 0.496 e. The molecule has 122 valence electrons. The highest BCUT2D eigenvalue weighted by Crippen LogP contribution is 2.18. The lowest BCUT2D eigenvalue weighted by atomic mass is 10.2. The summed E-state index contributed by atoms with van der Waals surface area (Å²) in [5.74, 6) is 1.31. The Morgan fingerprint density at radius 3 is 2.43 bits per heavy atom. The highest BCUT2D eigenvalue weighted by molar-refractivity contribution is 5.79. The molecule has 0 spiro atoms. The van der Waals surface area contributed by atoms with Gasteiger partial charge in [-0.25, -0.2) is 4.39 Å². The maximum absolute atomic E-state index is 13.7. The van der Waals surface area contributed by atoms with Crippen LogP contribution in [-0.2, 0) is 13.1 Å². The number of nitrogens with zero attached hydrogens (tertiary/aromatic N) is 2. The van der Waals surface area contributed by atoms with Crippen molar-refractivity contribution < 1.29 is 9.13 Å². The van der Waals surface area contributed by atoms with Gasteiger partial charge in [-0.1, -0.05) is 36.4 Å². The van der Waals surface area contributed by atoms with Crippen LogP contribution in [0.5, 0.6) is 5.75 Å². The summed E-state index contributed by atoms with van der Waals surface area (Å²) in [6.45, 7) is 1.02. The van der Waals surface area contributed by atoms with Gasteiger partial charge in [0.2, 0.25) is 0 Å². The molecule has 5 heteroatoms. The SMILES string of the molecule is CN=C(NCc1ccccc1F)N(C)Cc1ccccc1OC. The monoisotopic (exact) mass is 315 g/mol. The molecule has 23 heavy (non-hydrogen) atoms. The summed E-state index contributed by atoms with van der Waals surface area (Å²) in [7, 11) is 5.30. The number of nitrogens with one attached hydrogen (secondary N) is 1. The van der Waals surface area contributed by atoms with Crippen LogP contribution in [0.25, 0.3) is 0 Å². The van der Waals surface area contributed by atoms with Gasteiger partial charge in [-0.15, -0.1) is 0 Å². The summed E-state index contributed by atoms with van der Waals surface area (Å²) in [5, 5.41) is 3.18. The quantitative estimate of drug-likeness (QED) is 0.680. The first kappa shape index (κ1) is 16.8. The second-order valence-corrected chi connectivity index (χ2v) is 5.16. The third-order valence-corrected chi connectivity index (χ3v) is 3.57. The second-order valence-electron chi connectivity index (χ2n) is 5.16. The van der Waals surface area contributed by atoms with Crippen molar-refractivity contribution >= 4 is 5.96 Å². The standard InChI is InChI=1S/C18H22FN3O/c1-20-18(21-12-14-8-4-6-10-16(14)19)22(2)13-15-9-5-7-11-17(15)23-3/h4-11H,12-13H2,1-3H3,(H,20,21). The molecule has 0 amide bonds. The Balaban J connectivity index is 2.02. The average molecular weight is 315 g/mol. The lowest BCUT2D eigenvalue weighted by Gasteiger charge is -2.23. The number of guanidine groups is 1. The zero-order valence-electron chi connectivity index (χ0n) is 13.7. The van der Waals surface area contributed by atoms with Gasteiger partial charge in [0.15, 0.2) is 5.96 Å². The van der Waals surface area contributed by atoms with Gasteiger partial charge in [0.1, 0.15) is 11.6 Å². The van der Waals surface area contributed by atoms with Crippen molar-refractivity contribution in [2.45, 2.75) is 13.1 Å². The lowest BCUT2D eigenvalue weighted by Crippen LogP contribution is -2.38. The molecule has 0 aromatic heterocycles. The summed E-state index contributed by atoms with van der Waals surface area (Å²) < 4.78 is 19.0. The van der Waals surface area contributed by atoms with E-state index in [0.717, 1.165) is 11.3 Å². The first-order chi connectivity index (χ1) is 11.2. The molecule has 0 fully saturated rings. The van der Waals surface area contributed by atoms with Crippen molar-refractivity contribution in [1.29, 1.82) is 0 Å². The first-order valence-electron chi connectivity index (χ1n) is 7.42. The highest BCUT2D eigenvalue weighted by atomic mass is 19.1. The van der Waals surface area contributed by atoms with Crippen molar-refractivity contribution in [2.24, 2.45) is 4.99 Å². The van der Waals surface area contributed by atoms with E-state index in [1.54, 1.807) is 26.3 Å². The van der Waals surface area contributed by atoms with Gasteiger partial charge in [0.25, 0.3) is 0 Å². The smallest absolute Gasteiger partial charge is 0.193 e. The molecular weight excluding hydrogens is 293 g/mol. The molecule has 0 aliphatic carbocycles. The Kier molecular flexibility index (Phi) is 5.97. The Hall–Kier alpha value is -2.56. The van der Waals surface area contributed by atoms with Crippen LogP contribution >= 0.6 is 0 Å². The maximum atomic E-state index is 13.7. The Morgan fingerprint density at radius 2 is 1.78 bits per heavy atom. The zero-order chi connectivity index (χ0) is 16.7. The van der Waals surface area contributed by atoms with Crippen LogP contribution in [0.4, 0.5) is 4.39 Å². The fourth-order valence-corrected chi connectivity index (χ4v) is 2.36. The predicted molar refractivity (Wildman–Crippen MR) is 91.1 cm³/mol. The minimum absolute atomic E-state index is 0.220. The van der Waals surface area contributed by atoms with Gasteiger partial charge in [0.05, 0.1) is 7.11 Å². The molecule has 2 aromatic rings. The van der Waals surface area contributed by atoms with Crippen molar-refractivity contribution in [3.8, 4) is 5.75 Å². The molecule has 0 aliphatic rings. The van der Waals surface area contributed by atoms with Crippen LogP contribution in [0, 0.1) is 5.82 Å². The number of rotatable bonds is 5. The zero-order valence-corrected chi connectivity index (χ0v) is 13.7. The van der Waals surface area contributed by atoms with E-state index in [2.05, 4.69) is 10.3 Å². The number of para-hydroxylation sites is 1. The summed E-state index contributed by atoms with van der Waals surface area (Å²) in [5.41, 5.74) is 1.67. The molecule has 0 radical (unpaired) electrons. The molecule has 0 aliphatic heterocycles. The molecular formula is C18H22FN3O. The molecule has 0 unspecified atom stereocenters. The van der Waals surface area contributed by atoms with Gasteiger partial charge in [0, 0.05) is 38.3 Å². The summed E-state index contributed by atoms with van der Waals surface area (Å²) in [4.78, 5) is 6.22. The molecule has 0 bridgehead atoms. The molecule has 4 nitrogen and oxygen atoms in total. The van der Waals surface area contributed by atoms with Gasteiger partial charge in [-0.2, -0.15) is 0 Å². The van der Waals surface area contributed by atoms with Gasteiger partial charge < -0.3 is 15.0 Å². The van der Waals surface area contributed by atoms with E-state index in [1.165, 1.54) is 6.07 Å². The summed E-state index contributed by atoms with van der Waals surface area (Å²) in [6.07, 6.45) is 0. The molecule has 0 saturated carbocycles. The molecule has 0 heterocycles. The number of benzene rings is 2. The third-order valence-electron chi connectivity index (χ3n) is 3.57. The van der Waals surface area contributed by atoms with E-state index in [-0.39, 0.29) is 5.82 Å². The molecule has 2 rings (SSSR count). The minimum atomic E-state index is -0.220. The van der Waals surface area contributed by atoms with Crippen molar-refractivity contribution in [3.63, 3.8) is 0 Å². The number of hydrogen-bond acceptors (Lipinski definition) is 2. The van der Waals surface area contributed by atoms with Gasteiger partial charge in [-0.3, -0.25) is 4.99 Å². The Morgan fingerprint density at radius 1 is 1.13 bits per heavy atom. The summed E-state index contributed by atoms with van der Waals surface area (Å²) >= 11 is 0. The van der Waals surface area contributed by atoms with E-state index in [9.17, 15) is 4.39 Å². The molecule has 0 saturated heterocycles. The normalized spacial score (nSPS) is 11.2. The van der Waals surface area contributed by atoms with Crippen LogP contribution in [-0.4, -0.2) is 32.1 Å². The molecule has 0 atom stereocenters. The van der Waals surface area contributed by atoms with E-state index in [0.29, 0.717) is 24.6 Å². The Bertz CT molecular complexity index is 673. The number of halogens is 1.